The maximum absolute atomic E-state index is 5.88. The Hall–Kier alpha value is -0.420. The van der Waals surface area contributed by atoms with Gasteiger partial charge in [0.25, 0.3) is 0 Å². The number of nitrogens with zero attached hydrogens (tertiary/aromatic N) is 2. The second kappa shape index (κ2) is 5.07. The van der Waals surface area contributed by atoms with Gasteiger partial charge in [-0.1, -0.05) is 6.07 Å². The van der Waals surface area contributed by atoms with Gasteiger partial charge in [-0.05, 0) is 18.5 Å². The van der Waals surface area contributed by atoms with E-state index in [1.165, 1.54) is 4.88 Å². The minimum Gasteiger partial charge on any atom is -0.329 e. The first kappa shape index (κ1) is 11.1. The molecule has 15 heavy (non-hydrogen) atoms. The average molecular weight is 225 g/mol. The molecule has 2 rings (SSSR count). The van der Waals surface area contributed by atoms with Crippen molar-refractivity contribution in [3.05, 3.63) is 22.4 Å². The highest BCUT2D eigenvalue weighted by Gasteiger charge is 2.22. The van der Waals surface area contributed by atoms with Crippen LogP contribution >= 0.6 is 11.3 Å². The summed E-state index contributed by atoms with van der Waals surface area (Å²) >= 11 is 1.81. The first-order valence-corrected chi connectivity index (χ1v) is 6.35. The predicted molar refractivity (Wildman–Crippen MR) is 65.2 cm³/mol. The van der Waals surface area contributed by atoms with Gasteiger partial charge in [-0.2, -0.15) is 0 Å². The van der Waals surface area contributed by atoms with Crippen molar-refractivity contribution < 1.29 is 0 Å². The lowest BCUT2D eigenvalue weighted by molar-refractivity contribution is 0.116. The number of nitrogens with two attached hydrogens (primary N) is 1. The van der Waals surface area contributed by atoms with Gasteiger partial charge >= 0.3 is 0 Å². The SMILES string of the molecule is CN1CCN([C@H](CN)c2cccs2)CC1. The van der Waals surface area contributed by atoms with E-state index in [1.54, 1.807) is 0 Å². The fourth-order valence-electron chi connectivity index (χ4n) is 2.06. The summed E-state index contributed by atoms with van der Waals surface area (Å²) in [5.41, 5.74) is 5.88. The Morgan fingerprint density at radius 2 is 2.13 bits per heavy atom. The van der Waals surface area contributed by atoms with E-state index < -0.39 is 0 Å². The molecule has 2 N–H and O–H groups in total. The first-order chi connectivity index (χ1) is 7.31. The summed E-state index contributed by atoms with van der Waals surface area (Å²) in [6.07, 6.45) is 0. The van der Waals surface area contributed by atoms with Crippen molar-refractivity contribution in [2.75, 3.05) is 39.8 Å². The van der Waals surface area contributed by atoms with Gasteiger partial charge in [0.15, 0.2) is 0 Å². The van der Waals surface area contributed by atoms with Crippen LogP contribution in [0.4, 0.5) is 0 Å². The van der Waals surface area contributed by atoms with E-state index in [2.05, 4.69) is 34.4 Å². The molecule has 0 aromatic carbocycles. The minimum absolute atomic E-state index is 0.429. The summed E-state index contributed by atoms with van der Waals surface area (Å²) in [4.78, 5) is 6.28. The maximum Gasteiger partial charge on any atom is 0.0565 e. The van der Waals surface area contributed by atoms with E-state index in [-0.39, 0.29) is 0 Å². The predicted octanol–water partition coefficient (Wildman–Crippen LogP) is 0.995. The lowest BCUT2D eigenvalue weighted by atomic mass is 10.2. The lowest BCUT2D eigenvalue weighted by Crippen LogP contribution is -2.47. The highest BCUT2D eigenvalue weighted by molar-refractivity contribution is 7.10. The van der Waals surface area contributed by atoms with Crippen molar-refractivity contribution in [2.45, 2.75) is 6.04 Å². The van der Waals surface area contributed by atoms with Gasteiger partial charge in [0, 0.05) is 37.6 Å². The zero-order chi connectivity index (χ0) is 10.7. The first-order valence-electron chi connectivity index (χ1n) is 5.47. The van der Waals surface area contributed by atoms with Crippen molar-refractivity contribution >= 4 is 11.3 Å². The van der Waals surface area contributed by atoms with E-state index >= 15 is 0 Å². The molecule has 1 aromatic rings. The van der Waals surface area contributed by atoms with Crippen LogP contribution in [0.3, 0.4) is 0 Å². The molecule has 1 aromatic heterocycles. The molecule has 1 atom stereocenters. The summed E-state index contributed by atoms with van der Waals surface area (Å²) in [6.45, 7) is 5.31. The average Bonchev–Trinajstić information content (AvgIpc) is 2.75. The molecule has 4 heteroatoms. The third kappa shape index (κ3) is 2.58. The van der Waals surface area contributed by atoms with Gasteiger partial charge in [0.05, 0.1) is 6.04 Å². The summed E-state index contributed by atoms with van der Waals surface area (Å²) in [5.74, 6) is 0. The Balaban J connectivity index is 2.01. The fraction of sp³-hybridized carbons (Fsp3) is 0.636. The van der Waals surface area contributed by atoms with Crippen LogP contribution in [0.1, 0.15) is 10.9 Å². The highest BCUT2D eigenvalue weighted by atomic mass is 32.1. The normalized spacial score (nSPS) is 21.7. The van der Waals surface area contributed by atoms with Crippen LogP contribution in [0.2, 0.25) is 0 Å². The molecule has 0 unspecified atom stereocenters. The van der Waals surface area contributed by atoms with Crippen molar-refractivity contribution in [1.82, 2.24) is 9.80 Å². The van der Waals surface area contributed by atoms with Crippen LogP contribution in [0, 0.1) is 0 Å². The van der Waals surface area contributed by atoms with Crippen LogP contribution in [-0.2, 0) is 0 Å². The summed E-state index contributed by atoms with van der Waals surface area (Å²) in [7, 11) is 2.18. The lowest BCUT2D eigenvalue weighted by Gasteiger charge is -2.37. The Morgan fingerprint density at radius 3 is 2.67 bits per heavy atom. The fourth-order valence-corrected chi connectivity index (χ4v) is 2.93. The van der Waals surface area contributed by atoms with Gasteiger partial charge in [-0.25, -0.2) is 0 Å². The molecule has 84 valence electrons. The molecule has 0 bridgehead atoms. The molecule has 2 heterocycles. The molecule has 1 fully saturated rings. The molecule has 1 aliphatic rings. The molecular weight excluding hydrogens is 206 g/mol. The third-order valence-corrected chi connectivity index (χ3v) is 4.05. The molecule has 0 saturated carbocycles. The topological polar surface area (TPSA) is 32.5 Å². The second-order valence-corrected chi connectivity index (χ2v) is 5.09. The number of hydrogen-bond donors (Lipinski definition) is 1. The van der Waals surface area contributed by atoms with Crippen LogP contribution < -0.4 is 5.73 Å². The van der Waals surface area contributed by atoms with Gasteiger partial charge in [-0.15, -0.1) is 11.3 Å². The smallest absolute Gasteiger partial charge is 0.0565 e. The van der Waals surface area contributed by atoms with Gasteiger partial charge in [-0.3, -0.25) is 4.90 Å². The second-order valence-electron chi connectivity index (χ2n) is 4.11. The molecular formula is C11H19N3S. The van der Waals surface area contributed by atoms with Gasteiger partial charge in [0.2, 0.25) is 0 Å². The Kier molecular flexibility index (Phi) is 3.75. The number of thiophene rings is 1. The zero-order valence-electron chi connectivity index (χ0n) is 9.22. The zero-order valence-corrected chi connectivity index (χ0v) is 10.0. The van der Waals surface area contributed by atoms with Crippen molar-refractivity contribution in [3.63, 3.8) is 0 Å². The molecule has 1 saturated heterocycles. The van der Waals surface area contributed by atoms with Gasteiger partial charge in [0.1, 0.15) is 0 Å². The maximum atomic E-state index is 5.88. The monoisotopic (exact) mass is 225 g/mol. The largest absolute Gasteiger partial charge is 0.329 e. The third-order valence-electron chi connectivity index (χ3n) is 3.07. The Morgan fingerprint density at radius 1 is 1.40 bits per heavy atom. The van der Waals surface area contributed by atoms with E-state index in [0.29, 0.717) is 6.04 Å². The van der Waals surface area contributed by atoms with Crippen molar-refractivity contribution in [1.29, 1.82) is 0 Å². The number of rotatable bonds is 3. The van der Waals surface area contributed by atoms with Crippen LogP contribution in [0.25, 0.3) is 0 Å². The summed E-state index contributed by atoms with van der Waals surface area (Å²) in [6, 6.07) is 4.73. The summed E-state index contributed by atoms with van der Waals surface area (Å²) in [5, 5.41) is 2.13. The molecule has 0 aliphatic carbocycles. The quantitative estimate of drug-likeness (QED) is 0.833. The van der Waals surface area contributed by atoms with Gasteiger partial charge < -0.3 is 10.6 Å². The number of hydrogen-bond acceptors (Lipinski definition) is 4. The van der Waals surface area contributed by atoms with E-state index in [0.717, 1.165) is 32.7 Å². The minimum atomic E-state index is 0.429. The Bertz CT molecular complexity index is 278. The van der Waals surface area contributed by atoms with E-state index in [9.17, 15) is 0 Å². The highest BCUT2D eigenvalue weighted by Crippen LogP contribution is 2.24. The van der Waals surface area contributed by atoms with Crippen molar-refractivity contribution in [3.8, 4) is 0 Å². The molecule has 0 amide bonds. The van der Waals surface area contributed by atoms with E-state index in [4.69, 9.17) is 5.73 Å². The standard InChI is InChI=1S/C11H19N3S/c1-13-4-6-14(7-5-13)10(9-12)11-3-2-8-15-11/h2-3,8,10H,4-7,9,12H2,1H3/t10-/m1/s1. The molecule has 1 aliphatic heterocycles. The van der Waals surface area contributed by atoms with Crippen LogP contribution in [0.15, 0.2) is 17.5 Å². The van der Waals surface area contributed by atoms with Crippen LogP contribution in [0.5, 0.6) is 0 Å². The van der Waals surface area contributed by atoms with Crippen LogP contribution in [-0.4, -0.2) is 49.6 Å². The van der Waals surface area contributed by atoms with E-state index in [1.807, 2.05) is 11.3 Å². The summed E-state index contributed by atoms with van der Waals surface area (Å²) < 4.78 is 0. The number of piperazine rings is 1. The number of likely N-dealkylation sites (N-methyl/N-ethyl adjacent to an activating group) is 1. The molecule has 0 spiro atoms. The molecule has 0 radical (unpaired) electrons. The Labute approximate surface area is 95.5 Å². The van der Waals surface area contributed by atoms with Crippen molar-refractivity contribution in [2.24, 2.45) is 5.73 Å². The molecule has 3 nitrogen and oxygen atoms in total.